The molecular formula is C25H22N2O2. The van der Waals surface area contributed by atoms with Gasteiger partial charge in [-0.05, 0) is 31.2 Å². The maximum absolute atomic E-state index is 10.8. The molecule has 5 aromatic rings. The van der Waals surface area contributed by atoms with E-state index in [-0.39, 0.29) is 6.61 Å². The van der Waals surface area contributed by atoms with Gasteiger partial charge in [0, 0.05) is 32.9 Å². The molecule has 1 N–H and O–H groups in total. The number of pyridine rings is 1. The van der Waals surface area contributed by atoms with E-state index in [0.717, 1.165) is 27.6 Å². The Kier molecular flexibility index (Phi) is 4.41. The van der Waals surface area contributed by atoms with E-state index in [1.54, 1.807) is 0 Å². The number of aliphatic hydroxyl groups is 1. The predicted octanol–water partition coefficient (Wildman–Crippen LogP) is 5.09. The maximum atomic E-state index is 10.8. The molecule has 3 aromatic carbocycles. The zero-order valence-corrected chi connectivity index (χ0v) is 16.2. The van der Waals surface area contributed by atoms with E-state index in [9.17, 15) is 5.11 Å². The van der Waals surface area contributed by atoms with Crippen LogP contribution in [-0.2, 0) is 6.54 Å². The fraction of sp³-hybridized carbons (Fsp3) is 0.160. The monoisotopic (exact) mass is 382 g/mol. The van der Waals surface area contributed by atoms with E-state index in [1.807, 2.05) is 61.5 Å². The highest BCUT2D eigenvalue weighted by Crippen LogP contribution is 2.29. The van der Waals surface area contributed by atoms with Gasteiger partial charge in [-0.3, -0.25) is 0 Å². The van der Waals surface area contributed by atoms with Gasteiger partial charge in [0.15, 0.2) is 0 Å². The number of aliphatic hydroxyl groups excluding tert-OH is 1. The van der Waals surface area contributed by atoms with Crippen molar-refractivity contribution >= 4 is 32.7 Å². The summed E-state index contributed by atoms with van der Waals surface area (Å²) in [6.45, 7) is 2.63. The Morgan fingerprint density at radius 1 is 0.862 bits per heavy atom. The van der Waals surface area contributed by atoms with Crippen LogP contribution in [0.3, 0.4) is 0 Å². The number of hydrogen-bond donors (Lipinski definition) is 1. The standard InChI is InChI=1S/C25H22N2O2/c1-17-13-14-18-7-6-12-24(25(18)26-17)29-16-19(28)15-27-22-10-4-2-8-20(22)21-9-3-5-11-23(21)27/h2-14,19,28H,15-16H2,1H3. The Balaban J connectivity index is 1.42. The fourth-order valence-corrected chi connectivity index (χ4v) is 3.98. The summed E-state index contributed by atoms with van der Waals surface area (Å²) in [5.74, 6) is 0.701. The second-order valence-electron chi connectivity index (χ2n) is 7.39. The molecule has 0 aliphatic heterocycles. The van der Waals surface area contributed by atoms with Gasteiger partial charge in [-0.25, -0.2) is 4.98 Å². The van der Waals surface area contributed by atoms with Crippen LogP contribution in [0.15, 0.2) is 78.9 Å². The maximum Gasteiger partial charge on any atom is 0.145 e. The Morgan fingerprint density at radius 2 is 1.55 bits per heavy atom. The number of nitrogens with zero attached hydrogens (tertiary/aromatic N) is 2. The third-order valence-electron chi connectivity index (χ3n) is 5.33. The molecule has 0 aliphatic rings. The van der Waals surface area contributed by atoms with Crippen LogP contribution in [0, 0.1) is 6.92 Å². The van der Waals surface area contributed by atoms with E-state index in [0.29, 0.717) is 12.3 Å². The molecule has 0 bridgehead atoms. The van der Waals surface area contributed by atoms with Gasteiger partial charge in [0.25, 0.3) is 0 Å². The van der Waals surface area contributed by atoms with Crippen molar-refractivity contribution in [3.05, 3.63) is 84.6 Å². The molecule has 1 unspecified atom stereocenters. The Hall–Kier alpha value is -3.37. The summed E-state index contributed by atoms with van der Waals surface area (Å²) in [6.07, 6.45) is -0.644. The quantitative estimate of drug-likeness (QED) is 0.460. The molecule has 2 aromatic heterocycles. The first kappa shape index (κ1) is 17.7. The number of hydrogen-bond acceptors (Lipinski definition) is 3. The van der Waals surface area contributed by atoms with Crippen molar-refractivity contribution in [3.63, 3.8) is 0 Å². The van der Waals surface area contributed by atoms with Crippen LogP contribution in [0.2, 0.25) is 0 Å². The largest absolute Gasteiger partial charge is 0.489 e. The van der Waals surface area contributed by atoms with Crippen molar-refractivity contribution in [1.82, 2.24) is 9.55 Å². The van der Waals surface area contributed by atoms with E-state index in [1.165, 1.54) is 10.8 Å². The second-order valence-corrected chi connectivity index (χ2v) is 7.39. The number of benzene rings is 3. The minimum Gasteiger partial charge on any atom is -0.489 e. The fourth-order valence-electron chi connectivity index (χ4n) is 3.98. The summed E-state index contributed by atoms with van der Waals surface area (Å²) in [7, 11) is 0. The first-order valence-corrected chi connectivity index (χ1v) is 9.84. The molecule has 29 heavy (non-hydrogen) atoms. The van der Waals surface area contributed by atoms with E-state index in [4.69, 9.17) is 4.74 Å². The van der Waals surface area contributed by atoms with Crippen molar-refractivity contribution in [2.45, 2.75) is 19.6 Å². The van der Waals surface area contributed by atoms with Gasteiger partial charge in [0.2, 0.25) is 0 Å². The lowest BCUT2D eigenvalue weighted by atomic mass is 10.2. The Labute approximate surface area is 169 Å². The first-order chi connectivity index (χ1) is 14.2. The lowest BCUT2D eigenvalue weighted by Crippen LogP contribution is -2.23. The minimum absolute atomic E-state index is 0.204. The van der Waals surface area contributed by atoms with Gasteiger partial charge in [-0.2, -0.15) is 0 Å². The van der Waals surface area contributed by atoms with Crippen LogP contribution in [0.5, 0.6) is 5.75 Å². The van der Waals surface area contributed by atoms with Crippen LogP contribution in [0.25, 0.3) is 32.7 Å². The molecule has 0 saturated heterocycles. The third-order valence-corrected chi connectivity index (χ3v) is 5.33. The summed E-state index contributed by atoms with van der Waals surface area (Å²) in [5, 5.41) is 14.2. The predicted molar refractivity (Wildman–Crippen MR) is 117 cm³/mol. The molecule has 144 valence electrons. The number of fused-ring (bicyclic) bond motifs is 4. The van der Waals surface area contributed by atoms with Gasteiger partial charge >= 0.3 is 0 Å². The highest BCUT2D eigenvalue weighted by molar-refractivity contribution is 6.07. The van der Waals surface area contributed by atoms with Crippen molar-refractivity contribution < 1.29 is 9.84 Å². The minimum atomic E-state index is -0.644. The van der Waals surface area contributed by atoms with Crippen molar-refractivity contribution in [2.75, 3.05) is 6.61 Å². The van der Waals surface area contributed by atoms with Gasteiger partial charge in [0.05, 0.1) is 6.54 Å². The molecule has 1 atom stereocenters. The number of para-hydroxylation sites is 3. The van der Waals surface area contributed by atoms with Crippen LogP contribution < -0.4 is 4.74 Å². The molecule has 0 amide bonds. The smallest absolute Gasteiger partial charge is 0.145 e. The highest BCUT2D eigenvalue weighted by Gasteiger charge is 2.14. The highest BCUT2D eigenvalue weighted by atomic mass is 16.5. The molecule has 4 heteroatoms. The summed E-state index contributed by atoms with van der Waals surface area (Å²) < 4.78 is 8.15. The van der Waals surface area contributed by atoms with E-state index in [2.05, 4.69) is 33.8 Å². The molecule has 0 fully saturated rings. The van der Waals surface area contributed by atoms with E-state index >= 15 is 0 Å². The zero-order valence-electron chi connectivity index (χ0n) is 16.2. The molecule has 0 saturated carbocycles. The Bertz CT molecular complexity index is 1270. The van der Waals surface area contributed by atoms with Gasteiger partial charge in [0.1, 0.15) is 24.0 Å². The second kappa shape index (κ2) is 7.22. The van der Waals surface area contributed by atoms with Crippen LogP contribution in [0.4, 0.5) is 0 Å². The summed E-state index contributed by atoms with van der Waals surface area (Å²) in [4.78, 5) is 4.60. The first-order valence-electron chi connectivity index (χ1n) is 9.84. The van der Waals surface area contributed by atoms with Gasteiger partial charge < -0.3 is 14.4 Å². The summed E-state index contributed by atoms with van der Waals surface area (Å²) in [5.41, 5.74) is 4.02. The normalized spacial score (nSPS) is 12.6. The summed E-state index contributed by atoms with van der Waals surface area (Å²) in [6, 6.07) is 26.5. The SMILES string of the molecule is Cc1ccc2cccc(OCC(O)Cn3c4ccccc4c4ccccc43)c2n1. The molecule has 0 radical (unpaired) electrons. The van der Waals surface area contributed by atoms with Crippen LogP contribution >= 0.6 is 0 Å². The molecular weight excluding hydrogens is 360 g/mol. The number of rotatable bonds is 5. The zero-order chi connectivity index (χ0) is 19.8. The lowest BCUT2D eigenvalue weighted by molar-refractivity contribution is 0.0951. The molecule has 5 rings (SSSR count). The van der Waals surface area contributed by atoms with Crippen molar-refractivity contribution in [3.8, 4) is 5.75 Å². The van der Waals surface area contributed by atoms with Crippen LogP contribution in [0.1, 0.15) is 5.69 Å². The number of ether oxygens (including phenoxy) is 1. The van der Waals surface area contributed by atoms with Gasteiger partial charge in [-0.1, -0.05) is 54.6 Å². The number of aryl methyl sites for hydroxylation is 1. The van der Waals surface area contributed by atoms with Gasteiger partial charge in [-0.15, -0.1) is 0 Å². The molecule has 4 nitrogen and oxygen atoms in total. The Morgan fingerprint density at radius 3 is 2.28 bits per heavy atom. The molecule has 0 spiro atoms. The third kappa shape index (κ3) is 3.22. The molecule has 2 heterocycles. The van der Waals surface area contributed by atoms with Crippen LogP contribution in [-0.4, -0.2) is 27.4 Å². The average Bonchev–Trinajstić information content (AvgIpc) is 3.06. The molecule has 0 aliphatic carbocycles. The summed E-state index contributed by atoms with van der Waals surface area (Å²) >= 11 is 0. The average molecular weight is 382 g/mol. The number of aromatic nitrogens is 2. The van der Waals surface area contributed by atoms with Crippen molar-refractivity contribution in [1.29, 1.82) is 0 Å². The van der Waals surface area contributed by atoms with E-state index < -0.39 is 6.10 Å². The lowest BCUT2D eigenvalue weighted by Gasteiger charge is -2.16. The topological polar surface area (TPSA) is 47.3 Å². The van der Waals surface area contributed by atoms with Crippen molar-refractivity contribution in [2.24, 2.45) is 0 Å².